The summed E-state index contributed by atoms with van der Waals surface area (Å²) in [7, 11) is 0. The number of aliphatic hydroxyl groups excluding tert-OH is 1. The van der Waals surface area contributed by atoms with Crippen molar-refractivity contribution < 1.29 is 13.9 Å². The van der Waals surface area contributed by atoms with E-state index >= 15 is 0 Å². The molecular weight excluding hydrogens is 258 g/mol. The van der Waals surface area contributed by atoms with Gasteiger partial charge in [-0.1, -0.05) is 31.2 Å². The Morgan fingerprint density at radius 3 is 1.75 bits per heavy atom. The Balaban J connectivity index is 2.09. The third-order valence-corrected chi connectivity index (χ3v) is 3.60. The van der Waals surface area contributed by atoms with Crippen molar-refractivity contribution in [2.45, 2.75) is 31.8 Å². The van der Waals surface area contributed by atoms with Gasteiger partial charge in [-0.2, -0.15) is 0 Å². The molecule has 0 heterocycles. The molecule has 0 unspecified atom stereocenters. The van der Waals surface area contributed by atoms with E-state index in [1.807, 2.05) is 6.92 Å². The first-order chi connectivity index (χ1) is 9.60. The Bertz CT molecular complexity index is 534. The van der Waals surface area contributed by atoms with E-state index < -0.39 is 6.10 Å². The molecule has 2 aromatic rings. The van der Waals surface area contributed by atoms with Gasteiger partial charge in [0, 0.05) is 0 Å². The maximum absolute atomic E-state index is 12.9. The maximum atomic E-state index is 12.9. The summed E-state index contributed by atoms with van der Waals surface area (Å²) in [5, 5.41) is 10.2. The summed E-state index contributed by atoms with van der Waals surface area (Å²) in [6.45, 7) is 2.03. The van der Waals surface area contributed by atoms with Crippen molar-refractivity contribution in [2.75, 3.05) is 0 Å². The van der Waals surface area contributed by atoms with Gasteiger partial charge >= 0.3 is 0 Å². The summed E-state index contributed by atoms with van der Waals surface area (Å²) in [6.07, 6.45) is 0.739. The SMILES string of the molecule is CC[C@H](C[C@@H](O)c1ccc(F)cc1)c1ccc(F)cc1. The molecule has 0 aliphatic carbocycles. The van der Waals surface area contributed by atoms with Gasteiger partial charge in [-0.3, -0.25) is 0 Å². The lowest BCUT2D eigenvalue weighted by molar-refractivity contribution is 0.156. The predicted molar refractivity (Wildman–Crippen MR) is 75.4 cm³/mol. The fourth-order valence-electron chi connectivity index (χ4n) is 2.36. The molecule has 0 aliphatic rings. The fraction of sp³-hybridized carbons (Fsp3) is 0.294. The summed E-state index contributed by atoms with van der Waals surface area (Å²) >= 11 is 0. The molecule has 2 rings (SSSR count). The summed E-state index contributed by atoms with van der Waals surface area (Å²) in [4.78, 5) is 0. The van der Waals surface area contributed by atoms with Crippen LogP contribution in [-0.2, 0) is 0 Å². The standard InChI is InChI=1S/C17H18F2O/c1-2-12(13-3-7-15(18)8-4-13)11-17(20)14-5-9-16(19)10-6-14/h3-10,12,17,20H,2,11H2,1H3/t12-,17-/m1/s1. The van der Waals surface area contributed by atoms with Crippen molar-refractivity contribution in [3.63, 3.8) is 0 Å². The second kappa shape index (κ2) is 6.62. The van der Waals surface area contributed by atoms with Gasteiger partial charge in [0.05, 0.1) is 6.10 Å². The first-order valence-corrected chi connectivity index (χ1v) is 6.79. The zero-order valence-corrected chi connectivity index (χ0v) is 11.4. The second-order valence-corrected chi connectivity index (χ2v) is 4.96. The van der Waals surface area contributed by atoms with Gasteiger partial charge in [0.2, 0.25) is 0 Å². The molecule has 0 saturated carbocycles. The van der Waals surface area contributed by atoms with Gasteiger partial charge < -0.3 is 5.11 Å². The quantitative estimate of drug-likeness (QED) is 0.847. The Morgan fingerprint density at radius 1 is 0.850 bits per heavy atom. The monoisotopic (exact) mass is 276 g/mol. The highest BCUT2D eigenvalue weighted by Crippen LogP contribution is 2.30. The van der Waals surface area contributed by atoms with Crippen LogP contribution in [0.2, 0.25) is 0 Å². The number of hydrogen-bond acceptors (Lipinski definition) is 1. The maximum Gasteiger partial charge on any atom is 0.123 e. The number of aliphatic hydroxyl groups is 1. The molecule has 0 amide bonds. The summed E-state index contributed by atoms with van der Waals surface area (Å²) < 4.78 is 25.8. The van der Waals surface area contributed by atoms with Crippen LogP contribution in [0.1, 0.15) is 42.9 Å². The van der Waals surface area contributed by atoms with Crippen LogP contribution in [0.15, 0.2) is 48.5 Å². The molecule has 1 N–H and O–H groups in total. The Morgan fingerprint density at radius 2 is 1.30 bits per heavy atom. The van der Waals surface area contributed by atoms with E-state index in [-0.39, 0.29) is 17.6 Å². The molecule has 2 aromatic carbocycles. The Labute approximate surface area is 117 Å². The topological polar surface area (TPSA) is 20.2 Å². The first kappa shape index (κ1) is 14.7. The molecule has 0 radical (unpaired) electrons. The van der Waals surface area contributed by atoms with Crippen LogP contribution in [0.25, 0.3) is 0 Å². The smallest absolute Gasteiger partial charge is 0.123 e. The van der Waals surface area contributed by atoms with Crippen LogP contribution in [0, 0.1) is 11.6 Å². The lowest BCUT2D eigenvalue weighted by Gasteiger charge is -2.19. The summed E-state index contributed by atoms with van der Waals surface area (Å²) in [6, 6.07) is 12.2. The van der Waals surface area contributed by atoms with E-state index in [1.54, 1.807) is 24.3 Å². The highest BCUT2D eigenvalue weighted by Gasteiger charge is 2.16. The van der Waals surface area contributed by atoms with Gasteiger partial charge in [-0.25, -0.2) is 8.78 Å². The average molecular weight is 276 g/mol. The minimum atomic E-state index is -0.648. The van der Waals surface area contributed by atoms with Crippen LogP contribution in [0.3, 0.4) is 0 Å². The van der Waals surface area contributed by atoms with Gasteiger partial charge in [0.25, 0.3) is 0 Å². The first-order valence-electron chi connectivity index (χ1n) is 6.79. The predicted octanol–water partition coefficient (Wildman–Crippen LogP) is 4.58. The molecule has 0 aromatic heterocycles. The van der Waals surface area contributed by atoms with E-state index in [0.29, 0.717) is 12.0 Å². The van der Waals surface area contributed by atoms with Gasteiger partial charge in [0.15, 0.2) is 0 Å². The van der Waals surface area contributed by atoms with Crippen molar-refractivity contribution in [1.29, 1.82) is 0 Å². The number of benzene rings is 2. The fourth-order valence-corrected chi connectivity index (χ4v) is 2.36. The van der Waals surface area contributed by atoms with Crippen LogP contribution in [-0.4, -0.2) is 5.11 Å². The van der Waals surface area contributed by atoms with Crippen LogP contribution in [0.5, 0.6) is 0 Å². The lowest BCUT2D eigenvalue weighted by Crippen LogP contribution is -2.06. The molecular formula is C17H18F2O. The lowest BCUT2D eigenvalue weighted by atomic mass is 9.89. The second-order valence-electron chi connectivity index (χ2n) is 4.96. The molecule has 0 spiro atoms. The number of rotatable bonds is 5. The normalized spacial score (nSPS) is 14.0. The minimum absolute atomic E-state index is 0.149. The average Bonchev–Trinajstić information content (AvgIpc) is 2.46. The zero-order chi connectivity index (χ0) is 14.5. The largest absolute Gasteiger partial charge is 0.388 e. The van der Waals surface area contributed by atoms with Crippen molar-refractivity contribution in [3.8, 4) is 0 Å². The van der Waals surface area contributed by atoms with E-state index in [4.69, 9.17) is 0 Å². The zero-order valence-electron chi connectivity index (χ0n) is 11.4. The van der Waals surface area contributed by atoms with Crippen molar-refractivity contribution in [3.05, 3.63) is 71.3 Å². The summed E-state index contributed by atoms with van der Waals surface area (Å²) in [5.41, 5.74) is 1.71. The third-order valence-electron chi connectivity index (χ3n) is 3.60. The Hall–Kier alpha value is -1.74. The minimum Gasteiger partial charge on any atom is -0.388 e. The van der Waals surface area contributed by atoms with E-state index in [1.165, 1.54) is 24.3 Å². The highest BCUT2D eigenvalue weighted by atomic mass is 19.1. The van der Waals surface area contributed by atoms with Gasteiger partial charge in [0.1, 0.15) is 11.6 Å². The molecule has 0 fully saturated rings. The van der Waals surface area contributed by atoms with E-state index in [9.17, 15) is 13.9 Å². The van der Waals surface area contributed by atoms with Crippen molar-refractivity contribution >= 4 is 0 Å². The number of hydrogen-bond donors (Lipinski definition) is 1. The van der Waals surface area contributed by atoms with Gasteiger partial charge in [-0.05, 0) is 54.2 Å². The highest BCUT2D eigenvalue weighted by molar-refractivity contribution is 5.23. The van der Waals surface area contributed by atoms with Crippen molar-refractivity contribution in [1.82, 2.24) is 0 Å². The third kappa shape index (κ3) is 3.64. The number of halogens is 2. The van der Waals surface area contributed by atoms with E-state index in [2.05, 4.69) is 0 Å². The van der Waals surface area contributed by atoms with Crippen LogP contribution >= 0.6 is 0 Å². The van der Waals surface area contributed by atoms with Crippen molar-refractivity contribution in [2.24, 2.45) is 0 Å². The molecule has 106 valence electrons. The van der Waals surface area contributed by atoms with E-state index in [0.717, 1.165) is 12.0 Å². The Kier molecular flexibility index (Phi) is 4.85. The van der Waals surface area contributed by atoms with Gasteiger partial charge in [-0.15, -0.1) is 0 Å². The van der Waals surface area contributed by atoms with Crippen LogP contribution in [0.4, 0.5) is 8.78 Å². The molecule has 0 bridgehead atoms. The molecule has 0 saturated heterocycles. The molecule has 2 atom stereocenters. The molecule has 1 nitrogen and oxygen atoms in total. The molecule has 0 aliphatic heterocycles. The van der Waals surface area contributed by atoms with Crippen LogP contribution < -0.4 is 0 Å². The summed E-state index contributed by atoms with van der Waals surface area (Å²) in [5.74, 6) is -0.426. The molecule has 3 heteroatoms. The molecule has 20 heavy (non-hydrogen) atoms.